The Morgan fingerprint density at radius 3 is 2.62 bits per heavy atom. The Labute approximate surface area is 191 Å². The van der Waals surface area contributed by atoms with Crippen LogP contribution in [0.15, 0.2) is 72.3 Å². The number of hydrogen-bond donors (Lipinski definition) is 3. The van der Waals surface area contributed by atoms with Gasteiger partial charge in [0.25, 0.3) is 5.91 Å². The molecule has 5 nitrogen and oxygen atoms in total. The SMILES string of the molecule is Cc1c(-c2ccc(C(N)=O)c3[nH]c(-c4ccccc4CN)cc23)cccc1N1C=CSC1. The third kappa shape index (κ3) is 3.38. The predicted molar refractivity (Wildman–Crippen MR) is 134 cm³/mol. The van der Waals surface area contributed by atoms with Crippen LogP contribution in [0, 0.1) is 6.92 Å². The highest BCUT2D eigenvalue weighted by molar-refractivity contribution is 8.02. The van der Waals surface area contributed by atoms with Crippen LogP contribution >= 0.6 is 11.8 Å². The maximum atomic E-state index is 12.2. The molecule has 0 saturated heterocycles. The van der Waals surface area contributed by atoms with Crippen LogP contribution < -0.4 is 16.4 Å². The van der Waals surface area contributed by atoms with Gasteiger partial charge in [0.15, 0.2) is 0 Å². The van der Waals surface area contributed by atoms with E-state index < -0.39 is 5.91 Å². The molecule has 2 heterocycles. The standard InChI is InChI=1S/C26H24N4OS/c1-16-18(7-4-8-24(16)30-11-12-32-15-30)20-9-10-21(26(28)31)25-22(20)13-23(29-25)19-6-3-2-5-17(19)14-27/h2-13,29H,14-15,27H2,1H3,(H2,28,31). The number of aromatic nitrogens is 1. The molecule has 0 fully saturated rings. The van der Waals surface area contributed by atoms with Crippen molar-refractivity contribution >= 4 is 34.3 Å². The highest BCUT2D eigenvalue weighted by Gasteiger charge is 2.19. The summed E-state index contributed by atoms with van der Waals surface area (Å²) in [5.41, 5.74) is 20.5. The molecule has 1 aromatic heterocycles. The number of aromatic amines is 1. The van der Waals surface area contributed by atoms with E-state index in [9.17, 15) is 4.79 Å². The summed E-state index contributed by atoms with van der Waals surface area (Å²) >= 11 is 1.78. The van der Waals surface area contributed by atoms with Crippen LogP contribution in [0.3, 0.4) is 0 Å². The lowest BCUT2D eigenvalue weighted by Crippen LogP contribution is -2.12. The van der Waals surface area contributed by atoms with Crippen LogP contribution in [0.2, 0.25) is 0 Å². The summed E-state index contributed by atoms with van der Waals surface area (Å²) in [5, 5.41) is 3.08. The van der Waals surface area contributed by atoms with Crippen molar-refractivity contribution in [1.29, 1.82) is 0 Å². The van der Waals surface area contributed by atoms with Gasteiger partial charge in [0.05, 0.1) is 17.0 Å². The van der Waals surface area contributed by atoms with Gasteiger partial charge in [-0.3, -0.25) is 4.79 Å². The lowest BCUT2D eigenvalue weighted by atomic mass is 9.94. The quantitative estimate of drug-likeness (QED) is 0.390. The number of benzene rings is 3. The average molecular weight is 441 g/mol. The van der Waals surface area contributed by atoms with Gasteiger partial charge in [-0.15, -0.1) is 11.8 Å². The molecule has 0 saturated carbocycles. The molecule has 160 valence electrons. The number of primary amides is 1. The summed E-state index contributed by atoms with van der Waals surface area (Å²) < 4.78 is 0. The van der Waals surface area contributed by atoms with Gasteiger partial charge in [0, 0.05) is 35.1 Å². The van der Waals surface area contributed by atoms with Crippen molar-refractivity contribution in [3.8, 4) is 22.4 Å². The monoisotopic (exact) mass is 440 g/mol. The summed E-state index contributed by atoms with van der Waals surface area (Å²) in [4.78, 5) is 17.9. The summed E-state index contributed by atoms with van der Waals surface area (Å²) in [6.45, 7) is 2.58. The first-order valence-corrected chi connectivity index (χ1v) is 11.5. The molecule has 4 aromatic rings. The van der Waals surface area contributed by atoms with Crippen LogP contribution in [0.5, 0.6) is 0 Å². The van der Waals surface area contributed by atoms with Gasteiger partial charge in [-0.05, 0) is 52.8 Å². The fraction of sp³-hybridized carbons (Fsp3) is 0.115. The number of amides is 1. The van der Waals surface area contributed by atoms with Crippen molar-refractivity contribution in [3.05, 3.63) is 89.0 Å². The number of carbonyl (C=O) groups is 1. The van der Waals surface area contributed by atoms with Gasteiger partial charge in [-0.1, -0.05) is 42.5 Å². The number of hydrogen-bond acceptors (Lipinski definition) is 4. The van der Waals surface area contributed by atoms with Gasteiger partial charge >= 0.3 is 0 Å². The average Bonchev–Trinajstić information content (AvgIpc) is 3.49. The van der Waals surface area contributed by atoms with Gasteiger partial charge in [0.2, 0.25) is 0 Å². The van der Waals surface area contributed by atoms with Crippen LogP contribution in [0.4, 0.5) is 5.69 Å². The number of anilines is 1. The minimum absolute atomic E-state index is 0.434. The van der Waals surface area contributed by atoms with Crippen LogP contribution in [0.1, 0.15) is 21.5 Å². The molecule has 0 aliphatic carbocycles. The molecule has 0 bridgehead atoms. The molecular formula is C26H24N4OS. The van der Waals surface area contributed by atoms with E-state index in [1.807, 2.05) is 36.4 Å². The predicted octanol–water partition coefficient (Wildman–Crippen LogP) is 5.35. The molecule has 5 rings (SSSR count). The number of thioether (sulfide) groups is 1. The summed E-state index contributed by atoms with van der Waals surface area (Å²) in [5.74, 6) is 0.455. The number of carbonyl (C=O) groups excluding carboxylic acids is 1. The smallest absolute Gasteiger partial charge is 0.250 e. The first-order valence-electron chi connectivity index (χ1n) is 10.5. The van der Waals surface area contributed by atoms with Crippen molar-refractivity contribution in [1.82, 2.24) is 4.98 Å². The zero-order valence-corrected chi connectivity index (χ0v) is 18.6. The Balaban J connectivity index is 1.74. The van der Waals surface area contributed by atoms with Crippen molar-refractivity contribution in [2.45, 2.75) is 13.5 Å². The molecule has 1 amide bonds. The zero-order valence-electron chi connectivity index (χ0n) is 17.8. The Morgan fingerprint density at radius 2 is 1.88 bits per heavy atom. The summed E-state index contributed by atoms with van der Waals surface area (Å²) in [6, 6.07) is 20.3. The topological polar surface area (TPSA) is 88.1 Å². The van der Waals surface area contributed by atoms with E-state index in [4.69, 9.17) is 11.5 Å². The Bertz CT molecular complexity index is 1370. The molecule has 1 aliphatic rings. The zero-order chi connectivity index (χ0) is 22.2. The molecule has 0 spiro atoms. The number of rotatable bonds is 5. The molecule has 5 N–H and O–H groups in total. The lowest BCUT2D eigenvalue weighted by Gasteiger charge is -2.20. The van der Waals surface area contributed by atoms with E-state index in [0.717, 1.165) is 44.7 Å². The summed E-state index contributed by atoms with van der Waals surface area (Å²) in [7, 11) is 0. The second-order valence-corrected chi connectivity index (χ2v) is 8.72. The van der Waals surface area contributed by atoms with Crippen LogP contribution in [0.25, 0.3) is 33.3 Å². The van der Waals surface area contributed by atoms with Crippen molar-refractivity contribution in [2.24, 2.45) is 11.5 Å². The molecule has 0 unspecified atom stereocenters. The molecule has 6 heteroatoms. The van der Waals surface area contributed by atoms with Crippen LogP contribution in [-0.4, -0.2) is 16.8 Å². The summed E-state index contributed by atoms with van der Waals surface area (Å²) in [6.07, 6.45) is 2.11. The van der Waals surface area contributed by atoms with Gasteiger partial charge < -0.3 is 21.4 Å². The maximum Gasteiger partial charge on any atom is 0.250 e. The largest absolute Gasteiger partial charge is 0.366 e. The number of H-pyrrole nitrogens is 1. The minimum Gasteiger partial charge on any atom is -0.366 e. The number of nitrogens with two attached hydrogens (primary N) is 2. The van der Waals surface area contributed by atoms with Gasteiger partial charge in [-0.25, -0.2) is 0 Å². The van der Waals surface area contributed by atoms with E-state index in [1.165, 1.54) is 11.3 Å². The molecule has 1 aliphatic heterocycles. The lowest BCUT2D eigenvalue weighted by molar-refractivity contribution is 0.100. The van der Waals surface area contributed by atoms with Crippen LogP contribution in [-0.2, 0) is 6.54 Å². The van der Waals surface area contributed by atoms with E-state index in [0.29, 0.717) is 12.1 Å². The number of fused-ring (bicyclic) bond motifs is 1. The van der Waals surface area contributed by atoms with E-state index in [-0.39, 0.29) is 0 Å². The number of nitrogens with one attached hydrogen (secondary N) is 1. The molecule has 32 heavy (non-hydrogen) atoms. The van der Waals surface area contributed by atoms with E-state index in [2.05, 4.69) is 52.7 Å². The highest BCUT2D eigenvalue weighted by atomic mass is 32.2. The maximum absolute atomic E-state index is 12.2. The van der Waals surface area contributed by atoms with Gasteiger partial charge in [-0.2, -0.15) is 0 Å². The normalized spacial score (nSPS) is 13.2. The Morgan fingerprint density at radius 1 is 1.06 bits per heavy atom. The Kier molecular flexibility index (Phi) is 5.25. The van der Waals surface area contributed by atoms with E-state index in [1.54, 1.807) is 11.8 Å². The third-order valence-corrected chi connectivity index (χ3v) is 6.78. The highest BCUT2D eigenvalue weighted by Crippen LogP contribution is 2.39. The van der Waals surface area contributed by atoms with Crippen molar-refractivity contribution in [3.63, 3.8) is 0 Å². The first-order chi connectivity index (χ1) is 15.6. The molecule has 0 atom stereocenters. The second-order valence-electron chi connectivity index (χ2n) is 7.86. The Hall–Kier alpha value is -3.48. The van der Waals surface area contributed by atoms with Gasteiger partial charge in [0.1, 0.15) is 0 Å². The van der Waals surface area contributed by atoms with Crippen molar-refractivity contribution < 1.29 is 4.79 Å². The molecular weight excluding hydrogens is 416 g/mol. The number of nitrogens with zero attached hydrogens (tertiary/aromatic N) is 1. The minimum atomic E-state index is -0.452. The first kappa shape index (κ1) is 20.4. The van der Waals surface area contributed by atoms with E-state index >= 15 is 0 Å². The second kappa shape index (κ2) is 8.22. The molecule has 0 radical (unpaired) electrons. The fourth-order valence-electron chi connectivity index (χ4n) is 4.42. The van der Waals surface area contributed by atoms with Crippen molar-refractivity contribution in [2.75, 3.05) is 10.8 Å². The fourth-order valence-corrected chi connectivity index (χ4v) is 5.13. The molecule has 3 aromatic carbocycles. The third-order valence-electron chi connectivity index (χ3n) is 6.04.